The summed E-state index contributed by atoms with van der Waals surface area (Å²) >= 11 is 0. The minimum atomic E-state index is -0.837. The first-order valence-electron chi connectivity index (χ1n) is 8.80. The van der Waals surface area contributed by atoms with E-state index < -0.39 is 12.1 Å². The summed E-state index contributed by atoms with van der Waals surface area (Å²) in [5.74, 6) is 0.208. The maximum atomic E-state index is 12.1. The van der Waals surface area contributed by atoms with Crippen molar-refractivity contribution in [3.63, 3.8) is 0 Å². The van der Waals surface area contributed by atoms with Gasteiger partial charge in [-0.15, -0.1) is 0 Å². The summed E-state index contributed by atoms with van der Waals surface area (Å²) in [6.45, 7) is 5.14. The molecular formula is C21H25NO5. The average molecular weight is 371 g/mol. The lowest BCUT2D eigenvalue weighted by Gasteiger charge is -2.15. The van der Waals surface area contributed by atoms with Crippen LogP contribution in [0.5, 0.6) is 11.5 Å². The minimum absolute atomic E-state index is 0.368. The number of hydrogen-bond donors (Lipinski definition) is 1. The van der Waals surface area contributed by atoms with Gasteiger partial charge >= 0.3 is 5.97 Å². The first-order chi connectivity index (χ1) is 12.9. The Kier molecular flexibility index (Phi) is 7.23. The molecule has 1 atom stereocenters. The first kappa shape index (κ1) is 20.3. The van der Waals surface area contributed by atoms with Gasteiger partial charge in [0.1, 0.15) is 11.5 Å². The third kappa shape index (κ3) is 5.74. The van der Waals surface area contributed by atoms with Crippen LogP contribution in [0.4, 0.5) is 5.69 Å². The summed E-state index contributed by atoms with van der Waals surface area (Å²) in [5, 5.41) is 2.82. The number of carbonyl (C=O) groups excluding carboxylic acids is 2. The van der Waals surface area contributed by atoms with Crippen molar-refractivity contribution in [3.8, 4) is 11.5 Å². The molecule has 1 N–H and O–H groups in total. The van der Waals surface area contributed by atoms with E-state index in [1.807, 2.05) is 32.0 Å². The number of para-hydroxylation sites is 1. The van der Waals surface area contributed by atoms with Crippen LogP contribution < -0.4 is 14.8 Å². The molecule has 0 saturated heterocycles. The second-order valence-electron chi connectivity index (χ2n) is 6.05. The molecule has 6 heteroatoms. The van der Waals surface area contributed by atoms with Crippen LogP contribution in [-0.2, 0) is 20.7 Å². The highest BCUT2D eigenvalue weighted by Gasteiger charge is 2.18. The Morgan fingerprint density at radius 3 is 2.37 bits per heavy atom. The van der Waals surface area contributed by atoms with E-state index in [1.54, 1.807) is 38.3 Å². The van der Waals surface area contributed by atoms with Crippen molar-refractivity contribution < 1.29 is 23.8 Å². The second kappa shape index (κ2) is 9.62. The average Bonchev–Trinajstić information content (AvgIpc) is 2.68. The summed E-state index contributed by atoms with van der Waals surface area (Å²) in [6, 6.07) is 12.7. The molecule has 144 valence electrons. The Bertz CT molecular complexity index is 786. The molecule has 1 unspecified atom stereocenters. The van der Waals surface area contributed by atoms with Gasteiger partial charge in [0.15, 0.2) is 12.7 Å². The van der Waals surface area contributed by atoms with Crippen molar-refractivity contribution in [2.45, 2.75) is 33.3 Å². The standard InChI is InChI=1S/C21H25NO5/c1-5-16-8-6-7-14(2)20(16)22-19(23)13-26-21(24)15(3)27-18-11-9-17(25-4)10-12-18/h6-12,15H,5,13H2,1-4H3,(H,22,23). The Labute approximate surface area is 159 Å². The molecule has 6 nitrogen and oxygen atoms in total. The Hall–Kier alpha value is -3.02. The van der Waals surface area contributed by atoms with Crippen LogP contribution in [0, 0.1) is 6.92 Å². The van der Waals surface area contributed by atoms with E-state index in [0.717, 1.165) is 23.2 Å². The fourth-order valence-corrected chi connectivity index (χ4v) is 2.54. The van der Waals surface area contributed by atoms with Crippen molar-refractivity contribution in [1.29, 1.82) is 0 Å². The van der Waals surface area contributed by atoms with Crippen molar-refractivity contribution in [2.75, 3.05) is 19.0 Å². The minimum Gasteiger partial charge on any atom is -0.497 e. The molecule has 0 aliphatic rings. The number of benzene rings is 2. The smallest absolute Gasteiger partial charge is 0.347 e. The lowest BCUT2D eigenvalue weighted by atomic mass is 10.1. The van der Waals surface area contributed by atoms with E-state index in [-0.39, 0.29) is 12.5 Å². The molecule has 2 aromatic carbocycles. The lowest BCUT2D eigenvalue weighted by Crippen LogP contribution is -2.30. The predicted octanol–water partition coefficient (Wildman–Crippen LogP) is 3.52. The number of amides is 1. The molecule has 0 aliphatic heterocycles. The predicted molar refractivity (Wildman–Crippen MR) is 103 cm³/mol. The van der Waals surface area contributed by atoms with Gasteiger partial charge in [-0.3, -0.25) is 4.79 Å². The van der Waals surface area contributed by atoms with Crippen molar-refractivity contribution in [3.05, 3.63) is 53.6 Å². The largest absolute Gasteiger partial charge is 0.497 e. The summed E-state index contributed by atoms with van der Waals surface area (Å²) < 4.78 is 15.7. The van der Waals surface area contributed by atoms with Gasteiger partial charge in [0.2, 0.25) is 0 Å². The van der Waals surface area contributed by atoms with Crippen LogP contribution >= 0.6 is 0 Å². The highest BCUT2D eigenvalue weighted by Crippen LogP contribution is 2.21. The van der Waals surface area contributed by atoms with Gasteiger partial charge in [0, 0.05) is 5.69 Å². The fourth-order valence-electron chi connectivity index (χ4n) is 2.54. The van der Waals surface area contributed by atoms with Gasteiger partial charge in [-0.05, 0) is 55.7 Å². The molecule has 0 bridgehead atoms. The Morgan fingerprint density at radius 1 is 1.07 bits per heavy atom. The number of methoxy groups -OCH3 is 1. The topological polar surface area (TPSA) is 73.9 Å². The molecule has 0 aliphatic carbocycles. The summed E-state index contributed by atoms with van der Waals surface area (Å²) in [4.78, 5) is 24.2. The molecule has 0 aromatic heterocycles. The molecule has 0 saturated carbocycles. The van der Waals surface area contributed by atoms with E-state index >= 15 is 0 Å². The highest BCUT2D eigenvalue weighted by atomic mass is 16.6. The molecule has 1 amide bonds. The molecule has 0 spiro atoms. The number of hydrogen-bond acceptors (Lipinski definition) is 5. The number of ether oxygens (including phenoxy) is 3. The number of anilines is 1. The third-order valence-corrected chi connectivity index (χ3v) is 4.05. The SMILES string of the molecule is CCc1cccc(C)c1NC(=O)COC(=O)C(C)Oc1ccc(OC)cc1. The maximum absolute atomic E-state index is 12.1. The van der Waals surface area contributed by atoms with Gasteiger partial charge in [-0.2, -0.15) is 0 Å². The third-order valence-electron chi connectivity index (χ3n) is 4.05. The lowest BCUT2D eigenvalue weighted by molar-refractivity contribution is -0.153. The molecule has 27 heavy (non-hydrogen) atoms. The van der Waals surface area contributed by atoms with Gasteiger partial charge in [-0.25, -0.2) is 4.79 Å². The number of esters is 1. The van der Waals surface area contributed by atoms with E-state index in [9.17, 15) is 9.59 Å². The zero-order valence-corrected chi connectivity index (χ0v) is 16.1. The highest BCUT2D eigenvalue weighted by molar-refractivity contribution is 5.94. The summed E-state index contributed by atoms with van der Waals surface area (Å²) in [7, 11) is 1.57. The van der Waals surface area contributed by atoms with Gasteiger partial charge in [0.05, 0.1) is 7.11 Å². The quantitative estimate of drug-likeness (QED) is 0.719. The molecule has 0 fully saturated rings. The van der Waals surface area contributed by atoms with Gasteiger partial charge in [0.25, 0.3) is 5.91 Å². The zero-order valence-electron chi connectivity index (χ0n) is 16.1. The van der Waals surface area contributed by atoms with Crippen LogP contribution in [0.1, 0.15) is 25.0 Å². The maximum Gasteiger partial charge on any atom is 0.347 e. The van der Waals surface area contributed by atoms with Crippen molar-refractivity contribution in [1.82, 2.24) is 0 Å². The van der Waals surface area contributed by atoms with Crippen molar-refractivity contribution >= 4 is 17.6 Å². The fraction of sp³-hybridized carbons (Fsp3) is 0.333. The van der Waals surface area contributed by atoms with E-state index in [2.05, 4.69) is 5.32 Å². The van der Waals surface area contributed by atoms with Crippen LogP contribution in [-0.4, -0.2) is 31.7 Å². The second-order valence-corrected chi connectivity index (χ2v) is 6.05. The number of carbonyl (C=O) groups is 2. The van der Waals surface area contributed by atoms with E-state index in [0.29, 0.717) is 11.5 Å². The van der Waals surface area contributed by atoms with Crippen LogP contribution in [0.2, 0.25) is 0 Å². The molecular weight excluding hydrogens is 346 g/mol. The molecule has 0 heterocycles. The summed E-state index contributed by atoms with van der Waals surface area (Å²) in [6.07, 6.45) is -0.0417. The molecule has 2 aromatic rings. The number of nitrogens with one attached hydrogen (secondary N) is 1. The Morgan fingerprint density at radius 2 is 1.74 bits per heavy atom. The molecule has 2 rings (SSSR count). The molecule has 0 radical (unpaired) electrons. The summed E-state index contributed by atoms with van der Waals surface area (Å²) in [5.41, 5.74) is 2.76. The number of rotatable bonds is 8. The van der Waals surface area contributed by atoms with Crippen LogP contribution in [0.3, 0.4) is 0 Å². The van der Waals surface area contributed by atoms with E-state index in [1.165, 1.54) is 0 Å². The normalized spacial score (nSPS) is 11.4. The van der Waals surface area contributed by atoms with Crippen LogP contribution in [0.15, 0.2) is 42.5 Å². The van der Waals surface area contributed by atoms with Crippen molar-refractivity contribution in [2.24, 2.45) is 0 Å². The van der Waals surface area contributed by atoms with E-state index in [4.69, 9.17) is 14.2 Å². The monoisotopic (exact) mass is 371 g/mol. The Balaban J connectivity index is 1.86. The first-order valence-corrected chi connectivity index (χ1v) is 8.80. The van der Waals surface area contributed by atoms with Gasteiger partial charge < -0.3 is 19.5 Å². The number of aryl methyl sites for hydroxylation is 2. The van der Waals surface area contributed by atoms with Gasteiger partial charge in [-0.1, -0.05) is 25.1 Å². The van der Waals surface area contributed by atoms with Crippen LogP contribution in [0.25, 0.3) is 0 Å². The zero-order chi connectivity index (χ0) is 19.8.